The van der Waals surface area contributed by atoms with E-state index in [1.807, 2.05) is 0 Å². The first-order valence-corrected chi connectivity index (χ1v) is 11.2. The molecule has 9 nitrogen and oxygen atoms in total. The molecule has 0 aliphatic carbocycles. The molecule has 0 bridgehead atoms. The Morgan fingerprint density at radius 2 is 2.06 bits per heavy atom. The molecule has 0 saturated heterocycles. The number of benzene rings is 1. The van der Waals surface area contributed by atoms with Gasteiger partial charge in [-0.05, 0) is 43.7 Å². The Hall–Kier alpha value is -3.92. The molecule has 0 saturated carbocycles. The molecule has 0 spiro atoms. The third-order valence-corrected chi connectivity index (χ3v) is 6.07. The lowest BCUT2D eigenvalue weighted by Gasteiger charge is -2.25. The first kappa shape index (κ1) is 23.2. The van der Waals surface area contributed by atoms with Crippen molar-refractivity contribution in [3.05, 3.63) is 78.9 Å². The van der Waals surface area contributed by atoms with E-state index in [2.05, 4.69) is 4.99 Å². The molecule has 2 aromatic heterocycles. The van der Waals surface area contributed by atoms with Crippen LogP contribution in [0.1, 0.15) is 38.1 Å². The fourth-order valence-corrected chi connectivity index (χ4v) is 4.73. The summed E-state index contributed by atoms with van der Waals surface area (Å²) in [5.41, 5.74) is 0.914. The minimum Gasteiger partial charge on any atom is -0.493 e. The normalized spacial score (nSPS) is 15.5. The van der Waals surface area contributed by atoms with Crippen LogP contribution in [0.25, 0.3) is 6.08 Å². The molecule has 4 rings (SSSR count). The van der Waals surface area contributed by atoms with Crippen molar-refractivity contribution >= 4 is 29.4 Å². The maximum absolute atomic E-state index is 13.5. The van der Waals surface area contributed by atoms with Gasteiger partial charge in [-0.2, -0.15) is 0 Å². The van der Waals surface area contributed by atoms with Crippen molar-refractivity contribution < 1.29 is 28.2 Å². The smallest absolute Gasteiger partial charge is 0.338 e. The van der Waals surface area contributed by atoms with Gasteiger partial charge in [0.2, 0.25) is 0 Å². The average Bonchev–Trinajstić information content (AvgIpc) is 3.41. The van der Waals surface area contributed by atoms with Gasteiger partial charge in [-0.15, -0.1) is 0 Å². The number of hydrogen-bond acceptors (Lipinski definition) is 9. The SMILES string of the molecule is CCOC(=O)C1=C(C)N=c2sc(=Cc3ccco3)c(=O)n2[C@H]1c1ccc(OC(C)=O)c(OC)c1. The molecular weight excluding hydrogens is 460 g/mol. The molecule has 0 radical (unpaired) electrons. The molecule has 0 N–H and O–H groups in total. The van der Waals surface area contributed by atoms with Crippen molar-refractivity contribution in [3.8, 4) is 11.5 Å². The van der Waals surface area contributed by atoms with Gasteiger partial charge in [0.1, 0.15) is 5.76 Å². The van der Waals surface area contributed by atoms with Crippen LogP contribution >= 0.6 is 11.3 Å². The van der Waals surface area contributed by atoms with Crippen LogP contribution < -0.4 is 24.4 Å². The number of ether oxygens (including phenoxy) is 3. The number of furan rings is 1. The van der Waals surface area contributed by atoms with Crippen molar-refractivity contribution in [3.63, 3.8) is 0 Å². The van der Waals surface area contributed by atoms with E-state index in [-0.39, 0.29) is 29.2 Å². The van der Waals surface area contributed by atoms with E-state index in [9.17, 15) is 14.4 Å². The van der Waals surface area contributed by atoms with E-state index in [0.717, 1.165) is 0 Å². The van der Waals surface area contributed by atoms with Crippen LogP contribution in [0.5, 0.6) is 11.5 Å². The van der Waals surface area contributed by atoms with Crippen LogP contribution in [0, 0.1) is 0 Å². The standard InChI is InChI=1S/C24H22N2O7S/c1-5-31-23(29)20-13(2)25-24-26(22(28)19(34-24)12-16-7-6-10-32-16)21(20)15-8-9-17(33-14(3)27)18(11-15)30-4/h6-12,21H,5H2,1-4H3/t21-/m0/s1. The number of allylic oxidation sites excluding steroid dienone is 1. The second kappa shape index (κ2) is 9.52. The van der Waals surface area contributed by atoms with Crippen LogP contribution in [-0.2, 0) is 14.3 Å². The first-order valence-electron chi connectivity index (χ1n) is 10.4. The number of nitrogens with zero attached hydrogens (tertiary/aromatic N) is 2. The van der Waals surface area contributed by atoms with Crippen LogP contribution in [0.2, 0.25) is 0 Å². The molecule has 3 heterocycles. The highest BCUT2D eigenvalue weighted by molar-refractivity contribution is 7.07. The van der Waals surface area contributed by atoms with Crippen molar-refractivity contribution in [1.82, 2.24) is 4.57 Å². The third-order valence-electron chi connectivity index (χ3n) is 5.09. The van der Waals surface area contributed by atoms with E-state index in [4.69, 9.17) is 18.6 Å². The Morgan fingerprint density at radius 3 is 2.71 bits per heavy atom. The van der Waals surface area contributed by atoms with Gasteiger partial charge in [-0.1, -0.05) is 17.4 Å². The predicted octanol–water partition coefficient (Wildman–Crippen LogP) is 2.33. The lowest BCUT2D eigenvalue weighted by molar-refractivity contribution is -0.139. The van der Waals surface area contributed by atoms with Gasteiger partial charge in [0, 0.05) is 13.0 Å². The molecule has 1 aliphatic heterocycles. The molecule has 1 atom stereocenters. The highest BCUT2D eigenvalue weighted by Gasteiger charge is 2.34. The number of hydrogen-bond donors (Lipinski definition) is 0. The molecule has 0 unspecified atom stereocenters. The molecule has 0 amide bonds. The number of aromatic nitrogens is 1. The Kier molecular flexibility index (Phi) is 6.51. The number of fused-ring (bicyclic) bond motifs is 1. The zero-order valence-electron chi connectivity index (χ0n) is 19.0. The minimum atomic E-state index is -0.825. The molecule has 176 valence electrons. The van der Waals surface area contributed by atoms with Crippen LogP contribution in [0.3, 0.4) is 0 Å². The number of thiazole rings is 1. The van der Waals surface area contributed by atoms with E-state index in [1.165, 1.54) is 36.2 Å². The molecule has 10 heteroatoms. The van der Waals surface area contributed by atoms with E-state index in [1.54, 1.807) is 50.3 Å². The number of carbonyl (C=O) groups excluding carboxylic acids is 2. The quantitative estimate of drug-likeness (QED) is 0.392. The molecular formula is C24H22N2O7S. The fraction of sp³-hybridized carbons (Fsp3) is 0.250. The van der Waals surface area contributed by atoms with E-state index in [0.29, 0.717) is 26.4 Å². The van der Waals surface area contributed by atoms with Crippen molar-refractivity contribution in [2.75, 3.05) is 13.7 Å². The van der Waals surface area contributed by atoms with Crippen molar-refractivity contribution in [2.24, 2.45) is 4.99 Å². The minimum absolute atomic E-state index is 0.167. The number of carbonyl (C=O) groups is 2. The van der Waals surface area contributed by atoms with Gasteiger partial charge < -0.3 is 18.6 Å². The largest absolute Gasteiger partial charge is 0.493 e. The van der Waals surface area contributed by atoms with E-state index >= 15 is 0 Å². The highest BCUT2D eigenvalue weighted by Crippen LogP contribution is 2.36. The van der Waals surface area contributed by atoms with Crippen LogP contribution in [-0.4, -0.2) is 30.2 Å². The zero-order chi connectivity index (χ0) is 24.4. The molecule has 3 aromatic rings. The van der Waals surface area contributed by atoms with Gasteiger partial charge in [0.25, 0.3) is 5.56 Å². The summed E-state index contributed by atoms with van der Waals surface area (Å²) in [6, 6.07) is 7.51. The Balaban J connectivity index is 1.95. The Bertz CT molecular complexity index is 1460. The second-order valence-electron chi connectivity index (χ2n) is 7.32. The maximum Gasteiger partial charge on any atom is 0.338 e. The summed E-state index contributed by atoms with van der Waals surface area (Å²) in [5, 5.41) is 0. The lowest BCUT2D eigenvalue weighted by atomic mass is 9.95. The first-order chi connectivity index (χ1) is 16.3. The lowest BCUT2D eigenvalue weighted by Crippen LogP contribution is -2.39. The molecule has 0 fully saturated rings. The number of methoxy groups -OCH3 is 1. The zero-order valence-corrected chi connectivity index (χ0v) is 19.8. The Morgan fingerprint density at radius 1 is 1.26 bits per heavy atom. The second-order valence-corrected chi connectivity index (χ2v) is 8.33. The van der Waals surface area contributed by atoms with Gasteiger partial charge in [0.05, 0.1) is 41.8 Å². The highest BCUT2D eigenvalue weighted by atomic mass is 32.1. The number of rotatable bonds is 6. The molecule has 1 aromatic carbocycles. The summed E-state index contributed by atoms with van der Waals surface area (Å²) in [4.78, 5) is 42.9. The molecule has 1 aliphatic rings. The summed E-state index contributed by atoms with van der Waals surface area (Å²) < 4.78 is 23.1. The van der Waals surface area contributed by atoms with Crippen molar-refractivity contribution in [1.29, 1.82) is 0 Å². The summed E-state index contributed by atoms with van der Waals surface area (Å²) in [7, 11) is 1.44. The number of esters is 2. The van der Waals surface area contributed by atoms with Crippen LogP contribution in [0.4, 0.5) is 0 Å². The topological polar surface area (TPSA) is 109 Å². The monoisotopic (exact) mass is 482 g/mol. The summed E-state index contributed by atoms with van der Waals surface area (Å²) in [6.45, 7) is 4.86. The van der Waals surface area contributed by atoms with Gasteiger partial charge in [0.15, 0.2) is 16.3 Å². The fourth-order valence-electron chi connectivity index (χ4n) is 3.70. The summed E-state index contributed by atoms with van der Waals surface area (Å²) >= 11 is 1.19. The average molecular weight is 483 g/mol. The summed E-state index contributed by atoms with van der Waals surface area (Å²) in [6.07, 6.45) is 3.15. The Labute approximate surface area is 198 Å². The maximum atomic E-state index is 13.5. The van der Waals surface area contributed by atoms with Gasteiger partial charge in [-0.25, -0.2) is 9.79 Å². The molecule has 34 heavy (non-hydrogen) atoms. The third kappa shape index (κ3) is 4.32. The van der Waals surface area contributed by atoms with Gasteiger partial charge in [-0.3, -0.25) is 14.2 Å². The van der Waals surface area contributed by atoms with Gasteiger partial charge >= 0.3 is 11.9 Å². The summed E-state index contributed by atoms with van der Waals surface area (Å²) in [5.74, 6) is -0.0433. The predicted molar refractivity (Wildman–Crippen MR) is 123 cm³/mol. The van der Waals surface area contributed by atoms with Crippen molar-refractivity contribution in [2.45, 2.75) is 26.8 Å². The van der Waals surface area contributed by atoms with Crippen LogP contribution in [0.15, 0.2) is 62.1 Å². The van der Waals surface area contributed by atoms with E-state index < -0.39 is 18.0 Å².